The van der Waals surface area contributed by atoms with Crippen LogP contribution in [0.4, 0.5) is 0 Å². The Morgan fingerprint density at radius 3 is 2.84 bits per heavy atom. The highest BCUT2D eigenvalue weighted by atomic mass is 16.1. The summed E-state index contributed by atoms with van der Waals surface area (Å²) in [6.45, 7) is 0. The van der Waals surface area contributed by atoms with E-state index in [-0.39, 0.29) is 0 Å². The lowest BCUT2D eigenvalue weighted by Crippen LogP contribution is -1.97. The van der Waals surface area contributed by atoms with Gasteiger partial charge in [-0.3, -0.25) is 9.20 Å². The molecule has 0 amide bonds. The third-order valence-electron chi connectivity index (χ3n) is 3.30. The second-order valence-electron chi connectivity index (χ2n) is 4.39. The van der Waals surface area contributed by atoms with E-state index in [1.165, 1.54) is 0 Å². The summed E-state index contributed by atoms with van der Waals surface area (Å²) in [5, 5.41) is 2.03. The lowest BCUT2D eigenvalue weighted by Gasteiger charge is -2.03. The predicted molar refractivity (Wildman–Crippen MR) is 73.4 cm³/mol. The monoisotopic (exact) mass is 247 g/mol. The van der Waals surface area contributed by atoms with Crippen LogP contribution in [0.1, 0.15) is 10.5 Å². The SMILES string of the molecule is O=Cc1cc2ccccc2c2nc3cccnc3n12. The Morgan fingerprint density at radius 1 is 1.05 bits per heavy atom. The molecule has 90 valence electrons. The van der Waals surface area contributed by atoms with E-state index in [1.807, 2.05) is 46.9 Å². The average molecular weight is 247 g/mol. The first-order valence-corrected chi connectivity index (χ1v) is 5.98. The Bertz CT molecular complexity index is 940. The van der Waals surface area contributed by atoms with Gasteiger partial charge in [-0.2, -0.15) is 0 Å². The van der Waals surface area contributed by atoms with Gasteiger partial charge in [0.25, 0.3) is 0 Å². The van der Waals surface area contributed by atoms with E-state index in [4.69, 9.17) is 0 Å². The maximum atomic E-state index is 11.3. The topological polar surface area (TPSA) is 47.3 Å². The predicted octanol–water partition coefficient (Wildman–Crippen LogP) is 2.85. The van der Waals surface area contributed by atoms with Gasteiger partial charge < -0.3 is 0 Å². The molecule has 4 aromatic rings. The van der Waals surface area contributed by atoms with Crippen LogP contribution in [-0.4, -0.2) is 20.7 Å². The summed E-state index contributed by atoms with van der Waals surface area (Å²) in [4.78, 5) is 20.2. The number of nitrogens with zero attached hydrogens (tertiary/aromatic N) is 3. The summed E-state index contributed by atoms with van der Waals surface area (Å²) in [6, 6.07) is 13.5. The maximum absolute atomic E-state index is 11.3. The molecule has 0 atom stereocenters. The molecule has 3 heterocycles. The van der Waals surface area contributed by atoms with E-state index >= 15 is 0 Å². The molecule has 0 aliphatic rings. The Morgan fingerprint density at radius 2 is 1.95 bits per heavy atom. The highest BCUT2D eigenvalue weighted by Gasteiger charge is 2.12. The highest BCUT2D eigenvalue weighted by Crippen LogP contribution is 2.24. The van der Waals surface area contributed by atoms with E-state index in [0.717, 1.165) is 28.2 Å². The lowest BCUT2D eigenvalue weighted by molar-refractivity contribution is 0.111. The first-order chi connectivity index (χ1) is 9.38. The molecule has 0 fully saturated rings. The number of rotatable bonds is 1. The van der Waals surface area contributed by atoms with Crippen molar-refractivity contribution in [3.63, 3.8) is 0 Å². The number of pyridine rings is 2. The van der Waals surface area contributed by atoms with Crippen LogP contribution in [0.3, 0.4) is 0 Å². The summed E-state index contributed by atoms with van der Waals surface area (Å²) in [6.07, 6.45) is 2.55. The number of hydrogen-bond acceptors (Lipinski definition) is 3. The summed E-state index contributed by atoms with van der Waals surface area (Å²) in [7, 11) is 0. The van der Waals surface area contributed by atoms with Crippen LogP contribution in [0.5, 0.6) is 0 Å². The van der Waals surface area contributed by atoms with Crippen molar-refractivity contribution in [3.05, 3.63) is 54.4 Å². The molecule has 1 aromatic carbocycles. The van der Waals surface area contributed by atoms with Gasteiger partial charge in [0.15, 0.2) is 11.9 Å². The smallest absolute Gasteiger partial charge is 0.166 e. The van der Waals surface area contributed by atoms with Crippen molar-refractivity contribution in [1.29, 1.82) is 0 Å². The fraction of sp³-hybridized carbons (Fsp3) is 0. The van der Waals surface area contributed by atoms with Crippen LogP contribution in [0.25, 0.3) is 27.6 Å². The largest absolute Gasteiger partial charge is 0.296 e. The second kappa shape index (κ2) is 3.62. The van der Waals surface area contributed by atoms with Gasteiger partial charge in [-0.15, -0.1) is 0 Å². The Balaban J connectivity index is 2.38. The molecular formula is C15H9N3O. The number of benzene rings is 1. The van der Waals surface area contributed by atoms with Crippen molar-refractivity contribution in [2.75, 3.05) is 0 Å². The molecule has 4 nitrogen and oxygen atoms in total. The van der Waals surface area contributed by atoms with Crippen LogP contribution >= 0.6 is 0 Å². The summed E-state index contributed by atoms with van der Waals surface area (Å²) >= 11 is 0. The number of carbonyl (C=O) groups is 1. The van der Waals surface area contributed by atoms with E-state index in [9.17, 15) is 4.79 Å². The lowest BCUT2D eigenvalue weighted by atomic mass is 10.1. The molecule has 0 aliphatic heterocycles. The minimum Gasteiger partial charge on any atom is -0.296 e. The quantitative estimate of drug-likeness (QED) is 0.486. The van der Waals surface area contributed by atoms with Crippen LogP contribution in [-0.2, 0) is 0 Å². The molecule has 0 aliphatic carbocycles. The van der Waals surface area contributed by atoms with Crippen LogP contribution in [0.15, 0.2) is 48.7 Å². The van der Waals surface area contributed by atoms with E-state index in [2.05, 4.69) is 9.97 Å². The van der Waals surface area contributed by atoms with Gasteiger partial charge in [-0.25, -0.2) is 9.97 Å². The van der Waals surface area contributed by atoms with Gasteiger partial charge in [-0.05, 0) is 23.6 Å². The third-order valence-corrected chi connectivity index (χ3v) is 3.30. The van der Waals surface area contributed by atoms with Crippen LogP contribution < -0.4 is 0 Å². The number of fused-ring (bicyclic) bond motifs is 5. The minimum atomic E-state index is 0.565. The van der Waals surface area contributed by atoms with Crippen molar-refractivity contribution in [2.45, 2.75) is 0 Å². The summed E-state index contributed by atoms with van der Waals surface area (Å²) < 4.78 is 1.81. The first kappa shape index (κ1) is 10.2. The molecule has 19 heavy (non-hydrogen) atoms. The van der Waals surface area contributed by atoms with Crippen LogP contribution in [0.2, 0.25) is 0 Å². The van der Waals surface area contributed by atoms with Crippen molar-refractivity contribution in [2.24, 2.45) is 0 Å². The second-order valence-corrected chi connectivity index (χ2v) is 4.39. The fourth-order valence-electron chi connectivity index (χ4n) is 2.47. The molecule has 0 saturated heterocycles. The van der Waals surface area contributed by atoms with Crippen molar-refractivity contribution < 1.29 is 4.79 Å². The van der Waals surface area contributed by atoms with Gasteiger partial charge in [0.2, 0.25) is 0 Å². The van der Waals surface area contributed by atoms with E-state index < -0.39 is 0 Å². The summed E-state index contributed by atoms with van der Waals surface area (Å²) in [5.74, 6) is 0. The molecule has 0 saturated carbocycles. The Kier molecular flexibility index (Phi) is 1.94. The first-order valence-electron chi connectivity index (χ1n) is 5.98. The number of aldehydes is 1. The van der Waals surface area contributed by atoms with E-state index in [1.54, 1.807) is 6.20 Å². The zero-order chi connectivity index (χ0) is 12.8. The van der Waals surface area contributed by atoms with Gasteiger partial charge in [0.05, 0.1) is 5.69 Å². The normalized spacial score (nSPS) is 11.4. The van der Waals surface area contributed by atoms with Gasteiger partial charge in [-0.1, -0.05) is 24.3 Å². The zero-order valence-electron chi connectivity index (χ0n) is 9.95. The number of carbonyl (C=O) groups excluding carboxylic acids is 1. The molecular weight excluding hydrogens is 238 g/mol. The van der Waals surface area contributed by atoms with Gasteiger partial charge in [0.1, 0.15) is 11.2 Å². The molecule has 3 aromatic heterocycles. The average Bonchev–Trinajstić information content (AvgIpc) is 2.86. The number of hydrogen-bond donors (Lipinski definition) is 0. The fourth-order valence-corrected chi connectivity index (χ4v) is 2.47. The number of imidazole rings is 1. The standard InChI is InChI=1S/C15H9N3O/c19-9-11-8-10-4-1-2-5-12(10)14-17-13-6-3-7-16-15(13)18(11)14/h1-9H. The molecule has 0 bridgehead atoms. The van der Waals surface area contributed by atoms with Crippen LogP contribution in [0, 0.1) is 0 Å². The minimum absolute atomic E-state index is 0.565. The molecule has 4 heteroatoms. The molecule has 0 unspecified atom stereocenters. The van der Waals surface area contributed by atoms with Crippen molar-refractivity contribution in [3.8, 4) is 0 Å². The summed E-state index contributed by atoms with van der Waals surface area (Å²) in [5.41, 5.74) is 2.84. The van der Waals surface area contributed by atoms with Gasteiger partial charge in [0, 0.05) is 11.6 Å². The maximum Gasteiger partial charge on any atom is 0.166 e. The zero-order valence-corrected chi connectivity index (χ0v) is 9.95. The van der Waals surface area contributed by atoms with Crippen molar-refractivity contribution >= 4 is 33.9 Å². The molecule has 0 radical (unpaired) electrons. The molecule has 0 spiro atoms. The molecule has 4 rings (SSSR count). The Hall–Kier alpha value is -2.75. The van der Waals surface area contributed by atoms with E-state index in [0.29, 0.717) is 11.3 Å². The Labute approximate surface area is 108 Å². The highest BCUT2D eigenvalue weighted by molar-refractivity contribution is 6.00. The van der Waals surface area contributed by atoms with Gasteiger partial charge >= 0.3 is 0 Å². The number of aromatic nitrogens is 3. The third kappa shape index (κ3) is 1.31. The van der Waals surface area contributed by atoms with Crippen molar-refractivity contribution in [1.82, 2.24) is 14.4 Å². The molecule has 0 N–H and O–H groups in total.